The monoisotopic (exact) mass is 169 g/mol. The summed E-state index contributed by atoms with van der Waals surface area (Å²) in [6.07, 6.45) is -1.22. The van der Waals surface area contributed by atoms with Crippen molar-refractivity contribution >= 4 is 0 Å². The van der Waals surface area contributed by atoms with Crippen molar-refractivity contribution in [2.75, 3.05) is 21.1 Å². The summed E-state index contributed by atoms with van der Waals surface area (Å²) >= 11 is 0. The Labute approximate surface area is 68.3 Å². The van der Waals surface area contributed by atoms with E-state index < -0.39 is 6.29 Å². The molecule has 0 spiro atoms. The van der Waals surface area contributed by atoms with Gasteiger partial charge in [0.1, 0.15) is 6.04 Å². The van der Waals surface area contributed by atoms with E-state index >= 15 is 0 Å². The van der Waals surface area contributed by atoms with E-state index in [-0.39, 0.29) is 18.4 Å². The molecule has 10 heavy (non-hydrogen) atoms. The molecule has 0 heterocycles. The van der Waals surface area contributed by atoms with Crippen molar-refractivity contribution in [3.05, 3.63) is 0 Å². The summed E-state index contributed by atoms with van der Waals surface area (Å²) < 4.78 is 0.567. The zero-order chi connectivity index (χ0) is 7.65. The highest BCUT2D eigenvalue weighted by Crippen LogP contribution is 2.03. The normalized spacial score (nSPS) is 14.7. The van der Waals surface area contributed by atoms with Gasteiger partial charge in [-0.3, -0.25) is 0 Å². The highest BCUT2D eigenvalue weighted by Gasteiger charge is 2.24. The van der Waals surface area contributed by atoms with Crippen LogP contribution in [0.25, 0.3) is 0 Å². The largest absolute Gasteiger partial charge is 1.00 e. The first-order valence-electron chi connectivity index (χ1n) is 3.03. The minimum absolute atomic E-state index is 0. The van der Waals surface area contributed by atoms with E-state index in [0.717, 1.165) is 0 Å². The summed E-state index contributed by atoms with van der Waals surface area (Å²) in [6, 6.07) is -0.134. The van der Waals surface area contributed by atoms with Gasteiger partial charge in [0.2, 0.25) is 6.29 Å². The van der Waals surface area contributed by atoms with Crippen LogP contribution in [0.3, 0.4) is 0 Å². The molecule has 0 aliphatic heterocycles. The van der Waals surface area contributed by atoms with Gasteiger partial charge >= 0.3 is 0 Å². The molecule has 0 fully saturated rings. The van der Waals surface area contributed by atoms with Crippen molar-refractivity contribution in [3.8, 4) is 0 Å². The number of hydrogen-bond donors (Lipinski definition) is 2. The van der Waals surface area contributed by atoms with Gasteiger partial charge in [0.15, 0.2) is 0 Å². The molecule has 0 aliphatic rings. The molecule has 3 nitrogen and oxygen atoms in total. The molecule has 0 amide bonds. The van der Waals surface area contributed by atoms with Crippen molar-refractivity contribution in [2.24, 2.45) is 0 Å². The van der Waals surface area contributed by atoms with Crippen LogP contribution in [0.15, 0.2) is 0 Å². The molecule has 1 atom stereocenters. The number of halogens is 1. The number of likely N-dealkylation sites (N-methyl/N-ethyl adjacent to an activating group) is 1. The minimum atomic E-state index is -1.22. The fraction of sp³-hybridized carbons (Fsp3) is 1.00. The Morgan fingerprint density at radius 1 is 1.10 bits per heavy atom. The number of nitrogens with zero attached hydrogens (tertiary/aromatic N) is 1. The van der Waals surface area contributed by atoms with Crippen LogP contribution in [-0.4, -0.2) is 48.2 Å². The zero-order valence-electron chi connectivity index (χ0n) is 6.87. The maximum atomic E-state index is 8.70. The lowest BCUT2D eigenvalue weighted by molar-refractivity contribution is -0.901. The molecular weight excluding hydrogens is 154 g/mol. The summed E-state index contributed by atoms with van der Waals surface area (Å²) in [7, 11) is 5.76. The molecule has 4 heteroatoms. The second-order valence-corrected chi connectivity index (χ2v) is 3.27. The van der Waals surface area contributed by atoms with E-state index in [2.05, 4.69) is 0 Å². The van der Waals surface area contributed by atoms with E-state index in [1.165, 1.54) is 0 Å². The maximum Gasteiger partial charge on any atom is 0.205 e. The summed E-state index contributed by atoms with van der Waals surface area (Å²) in [5.74, 6) is 0. The third kappa shape index (κ3) is 4.06. The third-order valence-corrected chi connectivity index (χ3v) is 1.65. The second-order valence-electron chi connectivity index (χ2n) is 3.27. The average Bonchev–Trinajstić information content (AvgIpc) is 1.62. The fourth-order valence-corrected chi connectivity index (χ4v) is 0.400. The number of rotatable bonds is 2. The van der Waals surface area contributed by atoms with Gasteiger partial charge in [-0.15, -0.1) is 0 Å². The van der Waals surface area contributed by atoms with Gasteiger partial charge in [0.25, 0.3) is 0 Å². The van der Waals surface area contributed by atoms with Gasteiger partial charge in [0, 0.05) is 0 Å². The smallest absolute Gasteiger partial charge is 0.205 e. The number of hydrogen-bond acceptors (Lipinski definition) is 2. The standard InChI is InChI=1S/C6H16NO2.ClH/c1-5(6(8)9)7(2,3)4;/h5-6,8-9H,1-4H3;1H/q+1;/p-1. The Bertz CT molecular complexity index is 90.2. The lowest BCUT2D eigenvalue weighted by Gasteiger charge is -2.32. The van der Waals surface area contributed by atoms with Crippen LogP contribution in [0, 0.1) is 0 Å². The highest BCUT2D eigenvalue weighted by atomic mass is 35.5. The molecule has 0 saturated carbocycles. The molecular formula is C6H16ClNO2. The predicted octanol–water partition coefficient (Wildman–Crippen LogP) is -3.60. The SMILES string of the molecule is CC(C(O)O)[N+](C)(C)C.[Cl-]. The zero-order valence-corrected chi connectivity index (χ0v) is 7.63. The van der Waals surface area contributed by atoms with Crippen LogP contribution in [-0.2, 0) is 0 Å². The van der Waals surface area contributed by atoms with Gasteiger partial charge in [-0.2, -0.15) is 0 Å². The van der Waals surface area contributed by atoms with E-state index in [1.807, 2.05) is 21.1 Å². The van der Waals surface area contributed by atoms with E-state index in [4.69, 9.17) is 10.2 Å². The Morgan fingerprint density at radius 2 is 1.40 bits per heavy atom. The van der Waals surface area contributed by atoms with Gasteiger partial charge in [-0.05, 0) is 6.92 Å². The third-order valence-electron chi connectivity index (χ3n) is 1.65. The molecule has 0 aliphatic carbocycles. The molecule has 64 valence electrons. The second kappa shape index (κ2) is 4.13. The van der Waals surface area contributed by atoms with Crippen LogP contribution < -0.4 is 12.4 Å². The summed E-state index contributed by atoms with van der Waals surface area (Å²) in [5, 5.41) is 17.4. The van der Waals surface area contributed by atoms with Crippen LogP contribution in [0.5, 0.6) is 0 Å². The quantitative estimate of drug-likeness (QED) is 0.331. The first-order chi connectivity index (χ1) is 3.85. The summed E-state index contributed by atoms with van der Waals surface area (Å²) in [5.41, 5.74) is 0. The van der Waals surface area contributed by atoms with Crippen molar-refractivity contribution in [1.82, 2.24) is 0 Å². The van der Waals surface area contributed by atoms with Crippen LogP contribution in [0.1, 0.15) is 6.92 Å². The molecule has 2 N–H and O–H groups in total. The van der Waals surface area contributed by atoms with Gasteiger partial charge < -0.3 is 27.1 Å². The molecule has 0 aromatic rings. The van der Waals surface area contributed by atoms with E-state index in [9.17, 15) is 0 Å². The molecule has 0 radical (unpaired) electrons. The maximum absolute atomic E-state index is 8.70. The number of quaternary nitrogens is 1. The first kappa shape index (κ1) is 12.8. The van der Waals surface area contributed by atoms with Crippen molar-refractivity contribution in [3.63, 3.8) is 0 Å². The molecule has 0 aromatic carbocycles. The van der Waals surface area contributed by atoms with E-state index in [1.54, 1.807) is 6.92 Å². The average molecular weight is 170 g/mol. The van der Waals surface area contributed by atoms with Crippen molar-refractivity contribution in [1.29, 1.82) is 0 Å². The molecule has 0 saturated heterocycles. The fourth-order valence-electron chi connectivity index (χ4n) is 0.400. The van der Waals surface area contributed by atoms with Crippen molar-refractivity contribution in [2.45, 2.75) is 19.3 Å². The van der Waals surface area contributed by atoms with Gasteiger partial charge in [0.05, 0.1) is 21.1 Å². The molecule has 0 bridgehead atoms. The molecule has 0 aromatic heterocycles. The lowest BCUT2D eigenvalue weighted by atomic mass is 10.3. The first-order valence-corrected chi connectivity index (χ1v) is 3.03. The summed E-state index contributed by atoms with van der Waals surface area (Å²) in [6.45, 7) is 1.80. The molecule has 1 unspecified atom stereocenters. The topological polar surface area (TPSA) is 40.5 Å². The number of aliphatic hydroxyl groups is 2. The predicted molar refractivity (Wildman–Crippen MR) is 35.7 cm³/mol. The molecule has 0 rings (SSSR count). The highest BCUT2D eigenvalue weighted by molar-refractivity contribution is 4.48. The Balaban J connectivity index is 0. The Hall–Kier alpha value is 0.170. The van der Waals surface area contributed by atoms with Crippen LogP contribution in [0.2, 0.25) is 0 Å². The van der Waals surface area contributed by atoms with Gasteiger partial charge in [-0.25, -0.2) is 0 Å². The van der Waals surface area contributed by atoms with Crippen molar-refractivity contribution < 1.29 is 27.1 Å². The van der Waals surface area contributed by atoms with Crippen LogP contribution >= 0.6 is 0 Å². The van der Waals surface area contributed by atoms with Gasteiger partial charge in [-0.1, -0.05) is 0 Å². The van der Waals surface area contributed by atoms with E-state index in [0.29, 0.717) is 4.48 Å². The number of aliphatic hydroxyl groups excluding tert-OH is 1. The lowest BCUT2D eigenvalue weighted by Crippen LogP contribution is -3.00. The van der Waals surface area contributed by atoms with Crippen LogP contribution in [0.4, 0.5) is 0 Å². The summed E-state index contributed by atoms with van der Waals surface area (Å²) in [4.78, 5) is 0. The minimum Gasteiger partial charge on any atom is -1.00 e. The Kier molecular flexibility index (Phi) is 5.29. The Morgan fingerprint density at radius 3 is 1.40 bits per heavy atom.